The smallest absolute Gasteiger partial charge is 0.245 e. The summed E-state index contributed by atoms with van der Waals surface area (Å²) in [6.07, 6.45) is 5.11. The maximum atomic E-state index is 11.8. The van der Waals surface area contributed by atoms with Gasteiger partial charge in [0.05, 0.1) is 17.4 Å². The van der Waals surface area contributed by atoms with E-state index in [2.05, 4.69) is 40.4 Å². The normalized spacial score (nSPS) is 15.0. The van der Waals surface area contributed by atoms with E-state index < -0.39 is 0 Å². The summed E-state index contributed by atoms with van der Waals surface area (Å²) in [6.45, 7) is 5.06. The van der Waals surface area contributed by atoms with Crippen LogP contribution >= 0.6 is 0 Å². The van der Waals surface area contributed by atoms with Crippen LogP contribution in [0.1, 0.15) is 18.9 Å². The Kier molecular flexibility index (Phi) is 4.51. The van der Waals surface area contributed by atoms with E-state index in [0.717, 1.165) is 58.9 Å². The van der Waals surface area contributed by atoms with Crippen LogP contribution in [0.4, 0.5) is 0 Å². The molecule has 1 aliphatic heterocycles. The lowest BCUT2D eigenvalue weighted by Crippen LogP contribution is -2.37. The predicted octanol–water partition coefficient (Wildman–Crippen LogP) is 4.91. The van der Waals surface area contributed by atoms with E-state index >= 15 is 0 Å². The van der Waals surface area contributed by atoms with Crippen molar-refractivity contribution in [3.63, 3.8) is 0 Å². The summed E-state index contributed by atoms with van der Waals surface area (Å²) in [5, 5.41) is 12.3. The number of aromatic hydroxyl groups is 1. The van der Waals surface area contributed by atoms with Crippen molar-refractivity contribution in [2.45, 2.75) is 18.9 Å². The summed E-state index contributed by atoms with van der Waals surface area (Å²) in [4.78, 5) is 18.3. The fourth-order valence-corrected chi connectivity index (χ4v) is 4.52. The minimum Gasteiger partial charge on any atom is -0.508 e. The molecule has 0 radical (unpaired) electrons. The molecule has 0 saturated carbocycles. The molecule has 1 N–H and O–H groups in total. The number of piperidine rings is 1. The van der Waals surface area contributed by atoms with Crippen LogP contribution in [0.15, 0.2) is 73.6 Å². The average molecular weight is 397 g/mol. The van der Waals surface area contributed by atoms with Gasteiger partial charge in [0, 0.05) is 19.1 Å². The monoisotopic (exact) mass is 397 g/mol. The Morgan fingerprint density at radius 1 is 1.10 bits per heavy atom. The van der Waals surface area contributed by atoms with Crippen molar-refractivity contribution >= 4 is 27.7 Å². The third-order valence-electron chi connectivity index (χ3n) is 6.08. The van der Waals surface area contributed by atoms with E-state index in [9.17, 15) is 9.90 Å². The summed E-state index contributed by atoms with van der Waals surface area (Å²) in [5.74, 6) is 0.266. The summed E-state index contributed by atoms with van der Waals surface area (Å²) >= 11 is 0. The van der Waals surface area contributed by atoms with Gasteiger partial charge in [0.2, 0.25) is 5.91 Å². The maximum absolute atomic E-state index is 11.8. The summed E-state index contributed by atoms with van der Waals surface area (Å²) < 4.78 is 2.23. The van der Waals surface area contributed by atoms with Crippen molar-refractivity contribution in [2.75, 3.05) is 13.1 Å². The fraction of sp³-hybridized carbons (Fsp3) is 0.200. The molecule has 5 nitrogen and oxygen atoms in total. The number of carbonyl (C=O) groups excluding carboxylic acids is 1. The van der Waals surface area contributed by atoms with Gasteiger partial charge in [-0.1, -0.05) is 36.9 Å². The van der Waals surface area contributed by atoms with E-state index in [-0.39, 0.29) is 11.7 Å². The summed E-state index contributed by atoms with van der Waals surface area (Å²) in [5.41, 5.74) is 4.06. The van der Waals surface area contributed by atoms with Crippen LogP contribution in [0, 0.1) is 0 Å². The number of benzene rings is 3. The number of likely N-dealkylation sites (tertiary alicyclic amines) is 1. The van der Waals surface area contributed by atoms with Crippen molar-refractivity contribution in [3.8, 4) is 16.9 Å². The Bertz CT molecular complexity index is 1270. The van der Waals surface area contributed by atoms with Gasteiger partial charge in [-0.3, -0.25) is 4.79 Å². The third-order valence-corrected chi connectivity index (χ3v) is 6.08. The first-order chi connectivity index (χ1) is 14.6. The maximum Gasteiger partial charge on any atom is 0.245 e. The quantitative estimate of drug-likeness (QED) is 0.500. The molecule has 1 fully saturated rings. The highest BCUT2D eigenvalue weighted by molar-refractivity contribution is 5.99. The first kappa shape index (κ1) is 18.4. The molecule has 1 aromatic heterocycles. The number of phenolic OH excluding ortho intramolecular Hbond substituents is 1. The third kappa shape index (κ3) is 3.12. The molecule has 3 aromatic carbocycles. The Hall–Kier alpha value is -3.60. The standard InChI is InChI=1S/C25H23N3O2/c1-2-25(30)27-11-9-19(10-12-27)28-16-26-23-14-18(7-8-24(23)28)22-15-20(29)13-17-5-3-4-6-21(17)22/h2-8,13-16,19,29H,1,9-12H2. The number of hydrogen-bond acceptors (Lipinski definition) is 3. The van der Waals surface area contributed by atoms with Crippen molar-refractivity contribution in [3.05, 3.63) is 73.6 Å². The number of fused-ring (bicyclic) bond motifs is 2. The number of amides is 1. The van der Waals surface area contributed by atoms with Crippen LogP contribution in [0.25, 0.3) is 32.9 Å². The Morgan fingerprint density at radius 3 is 2.70 bits per heavy atom. The van der Waals surface area contributed by atoms with Gasteiger partial charge in [-0.25, -0.2) is 4.98 Å². The number of nitrogens with zero attached hydrogens (tertiary/aromatic N) is 3. The van der Waals surface area contributed by atoms with Gasteiger partial charge in [0.1, 0.15) is 5.75 Å². The van der Waals surface area contributed by atoms with Crippen molar-refractivity contribution in [1.29, 1.82) is 0 Å². The van der Waals surface area contributed by atoms with E-state index in [0.29, 0.717) is 6.04 Å². The molecule has 1 amide bonds. The van der Waals surface area contributed by atoms with Crippen LogP contribution < -0.4 is 0 Å². The number of carbonyl (C=O) groups is 1. The molecule has 0 atom stereocenters. The Labute approximate surface area is 174 Å². The molecule has 1 saturated heterocycles. The van der Waals surface area contributed by atoms with E-state index in [1.807, 2.05) is 35.5 Å². The summed E-state index contributed by atoms with van der Waals surface area (Å²) in [7, 11) is 0. The van der Waals surface area contributed by atoms with Gasteiger partial charge < -0.3 is 14.6 Å². The highest BCUT2D eigenvalue weighted by Gasteiger charge is 2.23. The fourth-order valence-electron chi connectivity index (χ4n) is 4.52. The zero-order chi connectivity index (χ0) is 20.7. The van der Waals surface area contributed by atoms with E-state index in [1.54, 1.807) is 6.07 Å². The van der Waals surface area contributed by atoms with Crippen LogP contribution in [-0.2, 0) is 4.79 Å². The largest absolute Gasteiger partial charge is 0.508 e. The number of rotatable bonds is 3. The van der Waals surface area contributed by atoms with E-state index in [4.69, 9.17) is 0 Å². The lowest BCUT2D eigenvalue weighted by atomic mass is 9.97. The number of hydrogen-bond donors (Lipinski definition) is 1. The van der Waals surface area contributed by atoms with Gasteiger partial charge in [0.25, 0.3) is 0 Å². The zero-order valence-electron chi connectivity index (χ0n) is 16.7. The molecule has 0 spiro atoms. The highest BCUT2D eigenvalue weighted by atomic mass is 16.3. The predicted molar refractivity (Wildman–Crippen MR) is 119 cm³/mol. The lowest BCUT2D eigenvalue weighted by Gasteiger charge is -2.32. The Morgan fingerprint density at radius 2 is 1.90 bits per heavy atom. The van der Waals surface area contributed by atoms with Gasteiger partial charge in [0.15, 0.2) is 0 Å². The molecule has 5 rings (SSSR count). The van der Waals surface area contributed by atoms with Crippen molar-refractivity contribution in [2.24, 2.45) is 0 Å². The number of imidazole rings is 1. The molecule has 0 unspecified atom stereocenters. The van der Waals surface area contributed by atoms with Gasteiger partial charge in [-0.05, 0) is 65.1 Å². The topological polar surface area (TPSA) is 58.4 Å². The minimum atomic E-state index is 0.00641. The van der Waals surface area contributed by atoms with Crippen LogP contribution in [0.2, 0.25) is 0 Å². The first-order valence-electron chi connectivity index (χ1n) is 10.2. The molecule has 30 heavy (non-hydrogen) atoms. The molecule has 2 heterocycles. The second-order valence-electron chi connectivity index (χ2n) is 7.83. The lowest BCUT2D eigenvalue weighted by molar-refractivity contribution is -0.127. The first-order valence-corrected chi connectivity index (χ1v) is 10.2. The number of aromatic nitrogens is 2. The SMILES string of the molecule is C=CC(=O)N1CCC(n2cnc3cc(-c4cc(O)cc5ccccc45)ccc32)CC1. The van der Waals surface area contributed by atoms with Crippen LogP contribution in [0.5, 0.6) is 5.75 Å². The Balaban J connectivity index is 1.48. The molecular weight excluding hydrogens is 374 g/mol. The van der Waals surface area contributed by atoms with Crippen molar-refractivity contribution in [1.82, 2.24) is 14.5 Å². The van der Waals surface area contributed by atoms with Crippen LogP contribution in [-0.4, -0.2) is 38.6 Å². The zero-order valence-corrected chi connectivity index (χ0v) is 16.7. The molecule has 150 valence electrons. The minimum absolute atomic E-state index is 0.00641. The second kappa shape index (κ2) is 7.34. The van der Waals surface area contributed by atoms with Crippen LogP contribution in [0.3, 0.4) is 0 Å². The molecule has 0 aliphatic carbocycles. The molecule has 1 aliphatic rings. The number of phenols is 1. The van der Waals surface area contributed by atoms with Gasteiger partial charge >= 0.3 is 0 Å². The van der Waals surface area contributed by atoms with Gasteiger partial charge in [-0.15, -0.1) is 0 Å². The highest BCUT2D eigenvalue weighted by Crippen LogP contribution is 2.35. The van der Waals surface area contributed by atoms with Crippen molar-refractivity contribution < 1.29 is 9.90 Å². The van der Waals surface area contributed by atoms with Gasteiger partial charge in [-0.2, -0.15) is 0 Å². The molecule has 5 heteroatoms. The van der Waals surface area contributed by atoms with E-state index in [1.165, 1.54) is 6.08 Å². The molecule has 0 bridgehead atoms. The molecular formula is C25H23N3O2. The molecule has 4 aromatic rings. The summed E-state index contributed by atoms with van der Waals surface area (Å²) in [6, 6.07) is 18.3. The second-order valence-corrected chi connectivity index (χ2v) is 7.83. The average Bonchev–Trinajstić information content (AvgIpc) is 3.21.